The Morgan fingerprint density at radius 3 is 2.50 bits per heavy atom. The van der Waals surface area contributed by atoms with Gasteiger partial charge in [0.15, 0.2) is 0 Å². The predicted octanol–water partition coefficient (Wildman–Crippen LogP) is 3.62. The average molecular weight is 268 g/mol. The van der Waals surface area contributed by atoms with E-state index in [0.717, 1.165) is 22.5 Å². The van der Waals surface area contributed by atoms with Gasteiger partial charge in [-0.3, -0.25) is 4.79 Å². The molecule has 0 saturated heterocycles. The van der Waals surface area contributed by atoms with E-state index in [0.29, 0.717) is 5.56 Å². The van der Waals surface area contributed by atoms with Gasteiger partial charge in [-0.15, -0.1) is 0 Å². The summed E-state index contributed by atoms with van der Waals surface area (Å²) in [6.07, 6.45) is 0. The van der Waals surface area contributed by atoms with Crippen LogP contribution in [0, 0.1) is 13.8 Å². The highest BCUT2D eigenvalue weighted by Gasteiger charge is 2.09. The van der Waals surface area contributed by atoms with Crippen LogP contribution in [-0.4, -0.2) is 20.0 Å². The van der Waals surface area contributed by atoms with Crippen molar-refractivity contribution in [2.24, 2.45) is 0 Å². The Balaban J connectivity index is 2.24. The van der Waals surface area contributed by atoms with Gasteiger partial charge < -0.3 is 10.2 Å². The third-order valence-corrected chi connectivity index (χ3v) is 3.27. The number of benzene rings is 2. The molecule has 3 nitrogen and oxygen atoms in total. The molecule has 0 aliphatic carbocycles. The van der Waals surface area contributed by atoms with Gasteiger partial charge in [-0.1, -0.05) is 18.2 Å². The van der Waals surface area contributed by atoms with Gasteiger partial charge in [0, 0.05) is 31.0 Å². The van der Waals surface area contributed by atoms with E-state index in [1.165, 1.54) is 0 Å². The SMILES string of the molecule is Cc1ccc(C)c(NC(=O)c2cccc(N(C)C)c2)c1. The zero-order chi connectivity index (χ0) is 14.7. The molecule has 104 valence electrons. The van der Waals surface area contributed by atoms with E-state index < -0.39 is 0 Å². The number of nitrogens with zero attached hydrogens (tertiary/aromatic N) is 1. The molecule has 0 unspecified atom stereocenters. The van der Waals surface area contributed by atoms with Gasteiger partial charge in [0.25, 0.3) is 5.91 Å². The molecule has 1 amide bonds. The molecule has 0 saturated carbocycles. The van der Waals surface area contributed by atoms with Gasteiger partial charge in [-0.05, 0) is 49.2 Å². The predicted molar refractivity (Wildman–Crippen MR) is 84.6 cm³/mol. The molecule has 3 heteroatoms. The molecule has 0 spiro atoms. The van der Waals surface area contributed by atoms with Crippen LogP contribution < -0.4 is 10.2 Å². The number of carbonyl (C=O) groups is 1. The monoisotopic (exact) mass is 268 g/mol. The fourth-order valence-corrected chi connectivity index (χ4v) is 1.99. The first-order valence-corrected chi connectivity index (χ1v) is 6.63. The zero-order valence-corrected chi connectivity index (χ0v) is 12.4. The summed E-state index contributed by atoms with van der Waals surface area (Å²) in [5, 5.41) is 2.98. The van der Waals surface area contributed by atoms with Crippen LogP contribution in [0.4, 0.5) is 11.4 Å². The normalized spacial score (nSPS) is 10.2. The van der Waals surface area contributed by atoms with Crippen molar-refractivity contribution in [2.75, 3.05) is 24.3 Å². The van der Waals surface area contributed by atoms with Crippen molar-refractivity contribution in [1.82, 2.24) is 0 Å². The molecule has 0 aliphatic rings. The summed E-state index contributed by atoms with van der Waals surface area (Å²) in [5.74, 6) is -0.0811. The van der Waals surface area contributed by atoms with E-state index in [1.807, 2.05) is 75.3 Å². The summed E-state index contributed by atoms with van der Waals surface area (Å²) in [7, 11) is 3.92. The van der Waals surface area contributed by atoms with E-state index in [2.05, 4.69) is 5.32 Å². The number of carbonyl (C=O) groups excluding carboxylic acids is 1. The summed E-state index contributed by atoms with van der Waals surface area (Å²) in [6.45, 7) is 4.01. The number of nitrogens with one attached hydrogen (secondary N) is 1. The van der Waals surface area contributed by atoms with Crippen molar-refractivity contribution in [2.45, 2.75) is 13.8 Å². The van der Waals surface area contributed by atoms with E-state index in [1.54, 1.807) is 0 Å². The van der Waals surface area contributed by atoms with Crippen molar-refractivity contribution in [3.63, 3.8) is 0 Å². The molecule has 1 N–H and O–H groups in total. The maximum atomic E-state index is 12.3. The Labute approximate surface area is 120 Å². The van der Waals surface area contributed by atoms with E-state index in [4.69, 9.17) is 0 Å². The average Bonchev–Trinajstić information content (AvgIpc) is 2.43. The van der Waals surface area contributed by atoms with Gasteiger partial charge >= 0.3 is 0 Å². The third kappa shape index (κ3) is 3.18. The van der Waals surface area contributed by atoms with Crippen LogP contribution in [0.5, 0.6) is 0 Å². The van der Waals surface area contributed by atoms with Gasteiger partial charge in [0.05, 0.1) is 0 Å². The Morgan fingerprint density at radius 2 is 1.80 bits per heavy atom. The minimum Gasteiger partial charge on any atom is -0.378 e. The van der Waals surface area contributed by atoms with Crippen LogP contribution in [0.2, 0.25) is 0 Å². The second kappa shape index (κ2) is 5.78. The molecule has 0 bridgehead atoms. The van der Waals surface area contributed by atoms with E-state index >= 15 is 0 Å². The first kappa shape index (κ1) is 14.1. The summed E-state index contributed by atoms with van der Waals surface area (Å²) in [4.78, 5) is 14.3. The number of amides is 1. The molecular weight excluding hydrogens is 248 g/mol. The van der Waals surface area contributed by atoms with Crippen LogP contribution in [0.15, 0.2) is 42.5 Å². The van der Waals surface area contributed by atoms with Crippen molar-refractivity contribution in [3.05, 3.63) is 59.2 Å². The number of anilines is 2. The largest absolute Gasteiger partial charge is 0.378 e. The number of aryl methyl sites for hydroxylation is 2. The highest BCUT2D eigenvalue weighted by Crippen LogP contribution is 2.19. The first-order valence-electron chi connectivity index (χ1n) is 6.63. The van der Waals surface area contributed by atoms with Crippen molar-refractivity contribution in [3.8, 4) is 0 Å². The lowest BCUT2D eigenvalue weighted by atomic mass is 10.1. The third-order valence-electron chi connectivity index (χ3n) is 3.27. The molecule has 0 aliphatic heterocycles. The summed E-state index contributed by atoms with van der Waals surface area (Å²) in [5.41, 5.74) is 4.74. The zero-order valence-electron chi connectivity index (χ0n) is 12.4. The van der Waals surface area contributed by atoms with Crippen LogP contribution in [-0.2, 0) is 0 Å². The Bertz CT molecular complexity index is 633. The van der Waals surface area contributed by atoms with Crippen molar-refractivity contribution >= 4 is 17.3 Å². The van der Waals surface area contributed by atoms with Gasteiger partial charge in [-0.25, -0.2) is 0 Å². The second-order valence-electron chi connectivity index (χ2n) is 5.22. The molecule has 0 atom stereocenters. The summed E-state index contributed by atoms with van der Waals surface area (Å²) < 4.78 is 0. The highest BCUT2D eigenvalue weighted by atomic mass is 16.1. The number of hydrogen-bond donors (Lipinski definition) is 1. The standard InChI is InChI=1S/C17H20N2O/c1-12-8-9-13(2)16(10-12)18-17(20)14-6-5-7-15(11-14)19(3)4/h5-11H,1-4H3,(H,18,20). The van der Waals surface area contributed by atoms with Gasteiger partial charge in [-0.2, -0.15) is 0 Å². The quantitative estimate of drug-likeness (QED) is 0.922. The molecule has 2 aromatic carbocycles. The van der Waals surface area contributed by atoms with E-state index in [-0.39, 0.29) is 5.91 Å². The van der Waals surface area contributed by atoms with Gasteiger partial charge in [0.2, 0.25) is 0 Å². The topological polar surface area (TPSA) is 32.3 Å². The lowest BCUT2D eigenvalue weighted by Crippen LogP contribution is -2.14. The van der Waals surface area contributed by atoms with Gasteiger partial charge in [0.1, 0.15) is 0 Å². The minimum atomic E-state index is -0.0811. The van der Waals surface area contributed by atoms with Crippen LogP contribution >= 0.6 is 0 Å². The molecule has 0 fully saturated rings. The summed E-state index contributed by atoms with van der Waals surface area (Å²) in [6, 6.07) is 13.6. The molecule has 0 aromatic heterocycles. The van der Waals surface area contributed by atoms with Crippen LogP contribution in [0.25, 0.3) is 0 Å². The minimum absolute atomic E-state index is 0.0811. The number of rotatable bonds is 3. The van der Waals surface area contributed by atoms with Crippen LogP contribution in [0.3, 0.4) is 0 Å². The fraction of sp³-hybridized carbons (Fsp3) is 0.235. The smallest absolute Gasteiger partial charge is 0.255 e. The Hall–Kier alpha value is -2.29. The Kier molecular flexibility index (Phi) is 4.08. The molecule has 0 heterocycles. The maximum Gasteiger partial charge on any atom is 0.255 e. The second-order valence-corrected chi connectivity index (χ2v) is 5.22. The lowest BCUT2D eigenvalue weighted by molar-refractivity contribution is 0.102. The molecule has 0 radical (unpaired) electrons. The Morgan fingerprint density at radius 1 is 1.05 bits per heavy atom. The molecule has 2 aromatic rings. The fourth-order valence-electron chi connectivity index (χ4n) is 1.99. The first-order chi connectivity index (χ1) is 9.47. The molecule has 20 heavy (non-hydrogen) atoms. The van der Waals surface area contributed by atoms with Crippen molar-refractivity contribution < 1.29 is 4.79 Å². The number of hydrogen-bond acceptors (Lipinski definition) is 2. The van der Waals surface area contributed by atoms with Crippen LogP contribution in [0.1, 0.15) is 21.5 Å². The lowest BCUT2D eigenvalue weighted by Gasteiger charge is -2.14. The summed E-state index contributed by atoms with van der Waals surface area (Å²) >= 11 is 0. The molecule has 2 rings (SSSR count). The van der Waals surface area contributed by atoms with E-state index in [9.17, 15) is 4.79 Å². The highest BCUT2D eigenvalue weighted by molar-refractivity contribution is 6.05. The molecular formula is C17H20N2O. The maximum absolute atomic E-state index is 12.3. The van der Waals surface area contributed by atoms with Crippen molar-refractivity contribution in [1.29, 1.82) is 0 Å².